The Hall–Kier alpha value is -5.28. The van der Waals surface area contributed by atoms with E-state index in [4.69, 9.17) is 19.2 Å². The van der Waals surface area contributed by atoms with Crippen LogP contribution in [0, 0.1) is 13.7 Å². The van der Waals surface area contributed by atoms with Crippen molar-refractivity contribution in [2.45, 2.75) is 26.5 Å². The first-order chi connectivity index (χ1) is 24.2. The highest BCUT2D eigenvalue weighted by atomic mass is 127. The molecule has 4 aromatic carbocycles. The summed E-state index contributed by atoms with van der Waals surface area (Å²) in [7, 11) is 1.53. The minimum Gasteiger partial charge on any atom is -0.494 e. The maximum absolute atomic E-state index is 14.2. The van der Waals surface area contributed by atoms with Gasteiger partial charge in [0.25, 0.3) is 17.2 Å². The number of thiazole rings is 1. The lowest BCUT2D eigenvalue weighted by molar-refractivity contribution is -0.384. The van der Waals surface area contributed by atoms with Gasteiger partial charge in [0.15, 0.2) is 16.3 Å². The second kappa shape index (κ2) is 15.1. The van der Waals surface area contributed by atoms with E-state index in [2.05, 4.69) is 27.9 Å². The van der Waals surface area contributed by atoms with Gasteiger partial charge in [-0.15, -0.1) is 0 Å². The van der Waals surface area contributed by atoms with E-state index >= 15 is 0 Å². The fraction of sp³-hybridized carbons (Fsp3) is 0.162. The van der Waals surface area contributed by atoms with Gasteiger partial charge in [0.05, 0.1) is 44.1 Å². The van der Waals surface area contributed by atoms with Gasteiger partial charge in [-0.3, -0.25) is 24.3 Å². The van der Waals surface area contributed by atoms with E-state index in [-0.39, 0.29) is 23.8 Å². The van der Waals surface area contributed by atoms with E-state index in [1.807, 2.05) is 55.5 Å². The summed E-state index contributed by atoms with van der Waals surface area (Å²) in [5.41, 5.74) is 3.41. The maximum atomic E-state index is 14.2. The van der Waals surface area contributed by atoms with Crippen molar-refractivity contribution < 1.29 is 23.9 Å². The Labute approximate surface area is 304 Å². The number of hydrogen-bond donors (Lipinski definition) is 1. The molecule has 13 heteroatoms. The second-order valence-electron chi connectivity index (χ2n) is 11.2. The van der Waals surface area contributed by atoms with E-state index in [1.165, 1.54) is 30.6 Å². The van der Waals surface area contributed by atoms with Crippen LogP contribution in [0.15, 0.2) is 112 Å². The number of nitro groups is 1. The van der Waals surface area contributed by atoms with Crippen LogP contribution in [0.25, 0.3) is 6.08 Å². The van der Waals surface area contributed by atoms with Gasteiger partial charge < -0.3 is 19.5 Å². The minimum atomic E-state index is -0.738. The molecule has 11 nitrogen and oxygen atoms in total. The Morgan fingerprint density at radius 2 is 1.78 bits per heavy atom. The minimum absolute atomic E-state index is 0.00294. The molecule has 1 aromatic heterocycles. The molecule has 1 N–H and O–H groups in total. The van der Waals surface area contributed by atoms with Crippen molar-refractivity contribution >= 4 is 57.3 Å². The number of ether oxygens (including phenoxy) is 3. The highest BCUT2D eigenvalue weighted by Gasteiger charge is 2.32. The lowest BCUT2D eigenvalue weighted by atomic mass is 9.95. The number of carbonyl (C=O) groups excluding carboxylic acids is 1. The van der Waals surface area contributed by atoms with Crippen molar-refractivity contribution in [3.05, 3.63) is 152 Å². The summed E-state index contributed by atoms with van der Waals surface area (Å²) in [5, 5.41) is 14.0. The van der Waals surface area contributed by atoms with E-state index in [1.54, 1.807) is 47.9 Å². The molecule has 0 fully saturated rings. The van der Waals surface area contributed by atoms with Crippen LogP contribution in [0.2, 0.25) is 0 Å². The molecule has 1 aliphatic rings. The number of anilines is 1. The number of nitrogens with zero attached hydrogens (tertiary/aromatic N) is 3. The molecule has 5 aromatic rings. The third-order valence-corrected chi connectivity index (χ3v) is 9.67. The standard InChI is InChI=1S/C37H31IN4O7S/c1-4-48-28-16-12-25(13-17-28)33-32(35(43)40-26-8-6-5-7-9-26)22(2)39-37-41(33)36(44)31(50-37)20-24-18-29(38)34(30(19-24)47-3)49-21-23-10-14-27(15-11-23)42(45)46/h5-20,33H,4,21H2,1-3H3,(H,40,43)/b31-20-/t33-/m1/s1. The molecule has 50 heavy (non-hydrogen) atoms. The topological polar surface area (TPSA) is 134 Å². The van der Waals surface area contributed by atoms with Gasteiger partial charge in [-0.1, -0.05) is 41.7 Å². The van der Waals surface area contributed by atoms with Crippen LogP contribution < -0.4 is 34.4 Å². The Morgan fingerprint density at radius 1 is 1.06 bits per heavy atom. The van der Waals surface area contributed by atoms with Gasteiger partial charge in [-0.25, -0.2) is 4.99 Å². The molecule has 0 radical (unpaired) electrons. The van der Waals surface area contributed by atoms with Crippen LogP contribution in [0.1, 0.15) is 36.6 Å². The molecule has 2 heterocycles. The van der Waals surface area contributed by atoms with Gasteiger partial charge in [0.2, 0.25) is 0 Å². The zero-order valence-corrected chi connectivity index (χ0v) is 30.2. The molecular weight excluding hydrogens is 771 g/mol. The van der Waals surface area contributed by atoms with Crippen molar-refractivity contribution in [3.8, 4) is 17.2 Å². The van der Waals surface area contributed by atoms with Gasteiger partial charge in [0.1, 0.15) is 12.4 Å². The average Bonchev–Trinajstić information content (AvgIpc) is 3.41. The van der Waals surface area contributed by atoms with Gasteiger partial charge in [-0.2, -0.15) is 0 Å². The van der Waals surface area contributed by atoms with Crippen LogP contribution in [-0.2, 0) is 11.4 Å². The smallest absolute Gasteiger partial charge is 0.271 e. The Balaban J connectivity index is 1.37. The molecular formula is C37H31IN4O7S. The number of halogens is 1. The predicted molar refractivity (Wildman–Crippen MR) is 200 cm³/mol. The van der Waals surface area contributed by atoms with Crippen LogP contribution in [0.5, 0.6) is 17.2 Å². The molecule has 0 saturated heterocycles. The average molecular weight is 803 g/mol. The first-order valence-electron chi connectivity index (χ1n) is 15.5. The second-order valence-corrected chi connectivity index (χ2v) is 13.3. The first-order valence-corrected chi connectivity index (χ1v) is 17.4. The number of non-ortho nitro benzene ring substituents is 1. The summed E-state index contributed by atoms with van der Waals surface area (Å²) < 4.78 is 20.1. The number of nitro benzene ring substituents is 1. The number of carbonyl (C=O) groups is 1. The van der Waals surface area contributed by atoms with Gasteiger partial charge in [-0.05, 0) is 108 Å². The third-order valence-electron chi connectivity index (χ3n) is 7.88. The zero-order chi connectivity index (χ0) is 35.4. The van der Waals surface area contributed by atoms with Crippen LogP contribution in [0.3, 0.4) is 0 Å². The normalized spacial score (nSPS) is 14.1. The summed E-state index contributed by atoms with van der Waals surface area (Å²) in [4.78, 5) is 43.8. The molecule has 6 rings (SSSR count). The van der Waals surface area contributed by atoms with Crippen molar-refractivity contribution in [2.24, 2.45) is 4.99 Å². The van der Waals surface area contributed by atoms with E-state index in [0.717, 1.165) is 14.7 Å². The first kappa shape index (κ1) is 34.6. The molecule has 0 aliphatic carbocycles. The molecule has 254 valence electrons. The number of benzene rings is 4. The summed E-state index contributed by atoms with van der Waals surface area (Å²) in [6.45, 7) is 4.37. The summed E-state index contributed by atoms with van der Waals surface area (Å²) >= 11 is 3.38. The Bertz CT molecular complexity index is 2280. The molecule has 0 bridgehead atoms. The SMILES string of the molecule is CCOc1ccc([C@@H]2C(C(=O)Nc3ccccc3)=C(C)N=c3s/c(=C\c4cc(I)c(OCc5ccc([N+](=O)[O-])cc5)c(OC)c4)c(=O)n32)cc1. The van der Waals surface area contributed by atoms with Crippen LogP contribution in [-0.4, -0.2) is 29.1 Å². The number of rotatable bonds is 11. The molecule has 1 amide bonds. The predicted octanol–water partition coefficient (Wildman–Crippen LogP) is 6.37. The zero-order valence-electron chi connectivity index (χ0n) is 27.2. The lowest BCUT2D eigenvalue weighted by Crippen LogP contribution is -2.40. The fourth-order valence-electron chi connectivity index (χ4n) is 5.54. The largest absolute Gasteiger partial charge is 0.494 e. The molecule has 0 spiro atoms. The summed E-state index contributed by atoms with van der Waals surface area (Å²) in [5.74, 6) is 1.30. The maximum Gasteiger partial charge on any atom is 0.271 e. The number of para-hydroxylation sites is 1. The van der Waals surface area contributed by atoms with Crippen molar-refractivity contribution in [1.29, 1.82) is 0 Å². The number of aromatic nitrogens is 1. The van der Waals surface area contributed by atoms with Crippen molar-refractivity contribution in [3.63, 3.8) is 0 Å². The number of fused-ring (bicyclic) bond motifs is 1. The number of hydrogen-bond acceptors (Lipinski definition) is 9. The molecule has 1 atom stereocenters. The number of methoxy groups -OCH3 is 1. The van der Waals surface area contributed by atoms with Crippen molar-refractivity contribution in [1.82, 2.24) is 4.57 Å². The molecule has 0 unspecified atom stereocenters. The molecule has 0 saturated carbocycles. The third kappa shape index (κ3) is 7.33. The quantitative estimate of drug-likeness (QED) is 0.0932. The Kier molecular flexibility index (Phi) is 10.4. The van der Waals surface area contributed by atoms with Crippen molar-refractivity contribution in [2.75, 3.05) is 19.0 Å². The number of allylic oxidation sites excluding steroid dienone is 1. The van der Waals surface area contributed by atoms with Gasteiger partial charge in [0, 0.05) is 17.8 Å². The molecule has 1 aliphatic heterocycles. The number of amides is 1. The highest BCUT2D eigenvalue weighted by molar-refractivity contribution is 14.1. The van der Waals surface area contributed by atoms with Gasteiger partial charge >= 0.3 is 0 Å². The van der Waals surface area contributed by atoms with E-state index < -0.39 is 11.0 Å². The summed E-state index contributed by atoms with van der Waals surface area (Å²) in [6, 6.07) is 25.6. The van der Waals surface area contributed by atoms with Crippen LogP contribution in [0.4, 0.5) is 11.4 Å². The fourth-order valence-corrected chi connectivity index (χ4v) is 7.37. The highest BCUT2D eigenvalue weighted by Crippen LogP contribution is 2.35. The van der Waals surface area contributed by atoms with E-state index in [9.17, 15) is 19.7 Å². The Morgan fingerprint density at radius 3 is 2.44 bits per heavy atom. The number of nitrogens with one attached hydrogen (secondary N) is 1. The van der Waals surface area contributed by atoms with E-state index in [0.29, 0.717) is 55.7 Å². The summed E-state index contributed by atoms with van der Waals surface area (Å²) in [6.07, 6.45) is 1.77. The van der Waals surface area contributed by atoms with Crippen LogP contribution >= 0.6 is 33.9 Å². The lowest BCUT2D eigenvalue weighted by Gasteiger charge is -2.25. The monoisotopic (exact) mass is 802 g/mol.